The molecular weight excluding hydrogens is 229 g/mol. The van der Waals surface area contributed by atoms with E-state index in [9.17, 15) is 9.59 Å². The van der Waals surface area contributed by atoms with E-state index in [0.29, 0.717) is 12.8 Å². The van der Waals surface area contributed by atoms with Gasteiger partial charge in [0.15, 0.2) is 0 Å². The number of nitrogens with two attached hydrogens (primary N) is 2. The number of hydrogen-bond donors (Lipinski definition) is 6. The Bertz CT molecular complexity index is 276. The molecule has 0 saturated heterocycles. The van der Waals surface area contributed by atoms with Crippen molar-refractivity contribution in [1.29, 1.82) is 0 Å². The molecule has 0 aromatic carbocycles. The number of nitrogens with one attached hydrogen (secondary N) is 1. The number of unbranched alkanes of at least 4 members (excludes halogenated alkanes) is 1. The van der Waals surface area contributed by atoms with E-state index in [4.69, 9.17) is 26.6 Å². The lowest BCUT2D eigenvalue weighted by atomic mass is 9.82. The topological polar surface area (TPSA) is 159 Å². The van der Waals surface area contributed by atoms with Crippen LogP contribution in [0.5, 0.6) is 0 Å². The zero-order valence-corrected chi connectivity index (χ0v) is 9.43. The van der Waals surface area contributed by atoms with Crippen molar-refractivity contribution in [1.82, 2.24) is 5.32 Å². The van der Waals surface area contributed by atoms with Gasteiger partial charge < -0.3 is 31.9 Å². The van der Waals surface area contributed by atoms with E-state index >= 15 is 0 Å². The number of carbonyl (C=O) groups is 2. The first-order valence-electron chi connectivity index (χ1n) is 5.19. The molecular formula is C8H18BN3O5. The van der Waals surface area contributed by atoms with Crippen LogP contribution in [0.1, 0.15) is 19.3 Å². The third kappa shape index (κ3) is 6.77. The van der Waals surface area contributed by atoms with Crippen molar-refractivity contribution >= 4 is 19.1 Å². The lowest BCUT2D eigenvalue weighted by molar-refractivity contribution is -0.143. The summed E-state index contributed by atoms with van der Waals surface area (Å²) in [5, 5.41) is 28.3. The van der Waals surface area contributed by atoms with Crippen molar-refractivity contribution in [3.63, 3.8) is 0 Å². The predicted molar refractivity (Wildman–Crippen MR) is 61.0 cm³/mol. The minimum atomic E-state index is -1.59. The summed E-state index contributed by atoms with van der Waals surface area (Å²) in [7, 11) is -1.41. The Morgan fingerprint density at radius 1 is 1.29 bits per heavy atom. The van der Waals surface area contributed by atoms with Crippen LogP contribution in [0, 0.1) is 0 Å². The fourth-order valence-electron chi connectivity index (χ4n) is 1.28. The number of carbonyl (C=O) groups excluding carboxylic acids is 1. The van der Waals surface area contributed by atoms with E-state index < -0.39 is 24.7 Å². The molecule has 1 atom stereocenters. The zero-order valence-electron chi connectivity index (χ0n) is 9.43. The molecule has 17 heavy (non-hydrogen) atoms. The fraction of sp³-hybridized carbons (Fsp3) is 0.750. The van der Waals surface area contributed by atoms with Crippen molar-refractivity contribution in [2.75, 3.05) is 6.54 Å². The molecule has 0 fully saturated rings. The lowest BCUT2D eigenvalue weighted by Gasteiger charge is -2.24. The second-order valence-electron chi connectivity index (χ2n) is 3.91. The lowest BCUT2D eigenvalue weighted by Crippen LogP contribution is -2.56. The average molecular weight is 247 g/mol. The Kier molecular flexibility index (Phi) is 6.55. The van der Waals surface area contributed by atoms with E-state index in [2.05, 4.69) is 5.32 Å². The zero-order chi connectivity index (χ0) is 13.5. The van der Waals surface area contributed by atoms with Crippen LogP contribution in [0.2, 0.25) is 6.32 Å². The van der Waals surface area contributed by atoms with Gasteiger partial charge in [0, 0.05) is 6.54 Å². The average Bonchev–Trinajstić information content (AvgIpc) is 2.21. The molecule has 0 bridgehead atoms. The Morgan fingerprint density at radius 2 is 1.88 bits per heavy atom. The molecule has 8 nitrogen and oxygen atoms in total. The molecule has 0 aromatic rings. The predicted octanol–water partition coefficient (Wildman–Crippen LogP) is -1.92. The number of aliphatic carboxylic acids is 1. The minimum absolute atomic E-state index is 0.106. The Hall–Kier alpha value is -1.32. The van der Waals surface area contributed by atoms with Crippen LogP contribution in [-0.4, -0.2) is 46.4 Å². The fourth-order valence-corrected chi connectivity index (χ4v) is 1.28. The molecule has 0 radical (unpaired) electrons. The first-order chi connectivity index (χ1) is 7.78. The molecule has 8 N–H and O–H groups in total. The van der Waals surface area contributed by atoms with Gasteiger partial charge in [-0.25, -0.2) is 4.79 Å². The summed E-state index contributed by atoms with van der Waals surface area (Å²) < 4.78 is 0. The van der Waals surface area contributed by atoms with Gasteiger partial charge in [0.2, 0.25) is 0 Å². The summed E-state index contributed by atoms with van der Waals surface area (Å²) in [6.45, 7) is -0.265. The Labute approximate surface area is 99.1 Å². The number of urea groups is 1. The van der Waals surface area contributed by atoms with Crippen LogP contribution >= 0.6 is 0 Å². The quantitative estimate of drug-likeness (QED) is 0.216. The first kappa shape index (κ1) is 15.7. The molecule has 0 saturated carbocycles. The molecule has 98 valence electrons. The van der Waals surface area contributed by atoms with Gasteiger partial charge in [-0.05, 0) is 12.7 Å². The molecule has 0 aliphatic rings. The summed E-state index contributed by atoms with van der Waals surface area (Å²) in [4.78, 5) is 21.4. The van der Waals surface area contributed by atoms with Gasteiger partial charge in [0.05, 0.1) is 0 Å². The molecule has 0 heterocycles. The van der Waals surface area contributed by atoms with E-state index in [1.807, 2.05) is 0 Å². The third-order valence-electron chi connectivity index (χ3n) is 2.34. The van der Waals surface area contributed by atoms with Crippen LogP contribution in [0.3, 0.4) is 0 Å². The number of rotatable bonds is 8. The highest BCUT2D eigenvalue weighted by Crippen LogP contribution is 2.13. The van der Waals surface area contributed by atoms with Gasteiger partial charge in [-0.1, -0.05) is 12.8 Å². The second-order valence-corrected chi connectivity index (χ2v) is 3.91. The molecule has 9 heteroatoms. The smallest absolute Gasteiger partial charge is 0.451 e. The normalized spacial score (nSPS) is 13.8. The van der Waals surface area contributed by atoms with Crippen LogP contribution in [0.4, 0.5) is 4.79 Å². The van der Waals surface area contributed by atoms with Crippen molar-refractivity contribution in [3.8, 4) is 0 Å². The second kappa shape index (κ2) is 7.10. The highest BCUT2D eigenvalue weighted by atomic mass is 16.4. The number of amides is 2. The van der Waals surface area contributed by atoms with Gasteiger partial charge in [0.1, 0.15) is 5.54 Å². The van der Waals surface area contributed by atoms with Crippen molar-refractivity contribution in [2.45, 2.75) is 31.1 Å². The van der Waals surface area contributed by atoms with E-state index in [1.54, 1.807) is 0 Å². The molecule has 1 unspecified atom stereocenters. The molecule has 0 aliphatic heterocycles. The summed E-state index contributed by atoms with van der Waals surface area (Å²) in [5.74, 6) is -1.24. The first-order valence-corrected chi connectivity index (χ1v) is 5.19. The monoisotopic (exact) mass is 247 g/mol. The van der Waals surface area contributed by atoms with Crippen LogP contribution in [0.25, 0.3) is 0 Å². The minimum Gasteiger partial charge on any atom is -0.480 e. The summed E-state index contributed by atoms with van der Waals surface area (Å²) >= 11 is 0. The molecule has 2 amide bonds. The maximum Gasteiger partial charge on any atom is 0.451 e. The molecule has 0 rings (SSSR count). The Morgan fingerprint density at radius 3 is 2.29 bits per heavy atom. The van der Waals surface area contributed by atoms with Gasteiger partial charge in [-0.15, -0.1) is 0 Å². The van der Waals surface area contributed by atoms with Gasteiger partial charge in [-0.2, -0.15) is 0 Å². The van der Waals surface area contributed by atoms with Crippen molar-refractivity contribution < 1.29 is 24.7 Å². The number of carboxylic acids is 1. The van der Waals surface area contributed by atoms with Crippen molar-refractivity contribution in [2.24, 2.45) is 11.5 Å². The van der Waals surface area contributed by atoms with Gasteiger partial charge >= 0.3 is 19.1 Å². The summed E-state index contributed by atoms with van der Waals surface area (Å²) in [6, 6.07) is -0.841. The Balaban J connectivity index is 4.12. The number of carboxylic acid groups (broad SMARTS) is 1. The van der Waals surface area contributed by atoms with Crippen LogP contribution in [0.15, 0.2) is 0 Å². The maximum absolute atomic E-state index is 10.9. The highest BCUT2D eigenvalue weighted by Gasteiger charge is 2.33. The van der Waals surface area contributed by atoms with Crippen LogP contribution < -0.4 is 16.8 Å². The molecule has 0 spiro atoms. The standard InChI is InChI=1S/C8H18BN3O5/c10-7(15)12-5-8(11,6(13)14)3-1-2-4-9(16)17/h16-17H,1-5,11H2,(H,13,14)(H3,10,12,15). The SMILES string of the molecule is NC(=O)NCC(N)(CCCCB(O)O)C(=O)O. The van der Waals surface area contributed by atoms with E-state index in [-0.39, 0.29) is 19.3 Å². The van der Waals surface area contributed by atoms with Crippen LogP contribution in [-0.2, 0) is 4.79 Å². The number of hydrogen-bond acceptors (Lipinski definition) is 5. The molecule has 0 aliphatic carbocycles. The summed E-state index contributed by atoms with van der Waals surface area (Å²) in [5.41, 5.74) is 8.85. The molecule has 0 aromatic heterocycles. The van der Waals surface area contributed by atoms with Crippen molar-refractivity contribution in [3.05, 3.63) is 0 Å². The van der Waals surface area contributed by atoms with Gasteiger partial charge in [0.25, 0.3) is 0 Å². The largest absolute Gasteiger partial charge is 0.480 e. The maximum atomic E-state index is 10.9. The van der Waals surface area contributed by atoms with E-state index in [1.165, 1.54) is 0 Å². The highest BCUT2D eigenvalue weighted by molar-refractivity contribution is 6.40. The van der Waals surface area contributed by atoms with E-state index in [0.717, 1.165) is 0 Å². The summed E-state index contributed by atoms with van der Waals surface area (Å²) in [6.07, 6.45) is 1.09. The van der Waals surface area contributed by atoms with Gasteiger partial charge in [-0.3, -0.25) is 4.79 Å². The third-order valence-corrected chi connectivity index (χ3v) is 2.34. The number of primary amides is 1.